The van der Waals surface area contributed by atoms with Gasteiger partial charge in [-0.05, 0) is 71.1 Å². The summed E-state index contributed by atoms with van der Waals surface area (Å²) >= 11 is 0. The van der Waals surface area contributed by atoms with Gasteiger partial charge in [0.25, 0.3) is 0 Å². The molecule has 1 saturated heterocycles. The molecule has 0 bridgehead atoms. The normalized spacial score (nSPS) is 16.6. The van der Waals surface area contributed by atoms with Crippen LogP contribution in [0.3, 0.4) is 0 Å². The molecule has 41 heavy (non-hydrogen) atoms. The second-order valence-corrected chi connectivity index (χ2v) is 11.9. The van der Waals surface area contributed by atoms with Crippen LogP contribution in [-0.4, -0.2) is 70.6 Å². The summed E-state index contributed by atoms with van der Waals surface area (Å²) in [4.78, 5) is 22.3. The van der Waals surface area contributed by atoms with Crippen LogP contribution in [-0.2, 0) is 22.4 Å². The van der Waals surface area contributed by atoms with Gasteiger partial charge in [0, 0.05) is 36.5 Å². The molecular weight excluding hydrogens is 522 g/mol. The molecule has 1 atom stereocenters. The number of hydroxylamine groups is 2. The molecule has 1 unspecified atom stereocenters. The third-order valence-corrected chi connectivity index (χ3v) is 7.55. The number of nitrogens with one attached hydrogen (secondary N) is 1. The first-order valence-electron chi connectivity index (χ1n) is 14.1. The largest absolute Gasteiger partial charge is 0.528 e. The van der Waals surface area contributed by atoms with E-state index in [1.807, 2.05) is 17.5 Å². The average Bonchev–Trinajstić information content (AvgIpc) is 3.54. The summed E-state index contributed by atoms with van der Waals surface area (Å²) < 4.78 is 7.20. The van der Waals surface area contributed by atoms with Crippen molar-refractivity contribution in [2.24, 2.45) is 0 Å². The Kier molecular flexibility index (Phi) is 7.85. The highest BCUT2D eigenvalue weighted by Crippen LogP contribution is 2.41. The number of aryl methyl sites for hydroxylation is 3. The molecule has 0 radical (unpaired) electrons. The van der Waals surface area contributed by atoms with Crippen LogP contribution in [0, 0.1) is 13.8 Å². The Bertz CT molecular complexity index is 1500. The minimum atomic E-state index is -1.11. The smallest absolute Gasteiger partial charge is 0.427 e. The van der Waals surface area contributed by atoms with E-state index in [0.717, 1.165) is 45.8 Å². The van der Waals surface area contributed by atoms with Crippen LogP contribution in [0.15, 0.2) is 36.5 Å². The van der Waals surface area contributed by atoms with Crippen LogP contribution in [0.25, 0.3) is 5.65 Å². The zero-order chi connectivity index (χ0) is 29.4. The Balaban J connectivity index is 1.36. The van der Waals surface area contributed by atoms with E-state index in [4.69, 9.17) is 19.7 Å². The van der Waals surface area contributed by atoms with Gasteiger partial charge in [0.2, 0.25) is 0 Å². The molecule has 1 aromatic carbocycles. The lowest BCUT2D eigenvalue weighted by Crippen LogP contribution is -2.49. The maximum absolute atomic E-state index is 12.1. The highest BCUT2D eigenvalue weighted by atomic mass is 16.8. The predicted molar refractivity (Wildman–Crippen MR) is 152 cm³/mol. The number of benzene rings is 1. The number of fused-ring (bicyclic) bond motifs is 1. The summed E-state index contributed by atoms with van der Waals surface area (Å²) in [5.41, 5.74) is 6.10. The van der Waals surface area contributed by atoms with E-state index in [0.29, 0.717) is 38.0 Å². The van der Waals surface area contributed by atoms with E-state index >= 15 is 0 Å². The molecule has 4 heterocycles. The molecule has 1 fully saturated rings. The minimum absolute atomic E-state index is 0.364. The Labute approximate surface area is 239 Å². The van der Waals surface area contributed by atoms with Crippen molar-refractivity contribution in [3.8, 4) is 0 Å². The summed E-state index contributed by atoms with van der Waals surface area (Å²) in [6, 6.07) is 10.3. The van der Waals surface area contributed by atoms with E-state index in [1.165, 1.54) is 0 Å². The molecule has 4 aromatic rings. The highest BCUT2D eigenvalue weighted by molar-refractivity contribution is 5.60. The van der Waals surface area contributed by atoms with Crippen LogP contribution in [0.4, 0.5) is 4.79 Å². The van der Waals surface area contributed by atoms with Gasteiger partial charge in [0.15, 0.2) is 5.65 Å². The molecule has 0 amide bonds. The van der Waals surface area contributed by atoms with Crippen molar-refractivity contribution in [2.45, 2.75) is 84.3 Å². The molecule has 1 aliphatic rings. The fourth-order valence-corrected chi connectivity index (χ4v) is 5.64. The van der Waals surface area contributed by atoms with Crippen LogP contribution >= 0.6 is 0 Å². The van der Waals surface area contributed by atoms with Crippen molar-refractivity contribution in [3.63, 3.8) is 0 Å². The van der Waals surface area contributed by atoms with Crippen molar-refractivity contribution >= 4 is 11.8 Å². The number of nitrogens with zero attached hydrogens (tertiary/aromatic N) is 6. The van der Waals surface area contributed by atoms with Crippen molar-refractivity contribution in [3.05, 3.63) is 76.0 Å². The standard InChI is InChI=1S/C30H39N7O4/c1-7-24-23(27-32-19(2)16-20(3)37(27)34-24)17-21-8-10-22(11-9-21)26(25-18-31-35-33-25)30(39)12-14-36(15-13-30)41-28(38)40-29(4,5)6/h8-11,16,18,26,39H,7,12-15,17H2,1-6H3,(H,31,33,35). The number of carbonyl (C=O) groups excluding carboxylic acids is 1. The van der Waals surface area contributed by atoms with Gasteiger partial charge in [0.05, 0.1) is 29.1 Å². The third-order valence-electron chi connectivity index (χ3n) is 7.55. The van der Waals surface area contributed by atoms with E-state index in [2.05, 4.69) is 53.5 Å². The van der Waals surface area contributed by atoms with Crippen LogP contribution in [0.5, 0.6) is 0 Å². The number of ether oxygens (including phenoxy) is 1. The Morgan fingerprint density at radius 2 is 1.88 bits per heavy atom. The lowest BCUT2D eigenvalue weighted by molar-refractivity contribution is -0.177. The average molecular weight is 562 g/mol. The molecule has 0 saturated carbocycles. The molecule has 1 aliphatic heterocycles. The third kappa shape index (κ3) is 6.25. The first-order chi connectivity index (χ1) is 19.5. The number of hydrogen-bond donors (Lipinski definition) is 2. The Hall–Kier alpha value is -3.83. The van der Waals surface area contributed by atoms with E-state index in [-0.39, 0.29) is 0 Å². The maximum Gasteiger partial charge on any atom is 0.528 e. The molecule has 2 N–H and O–H groups in total. The van der Waals surface area contributed by atoms with Crippen molar-refractivity contribution in [2.75, 3.05) is 13.1 Å². The van der Waals surface area contributed by atoms with E-state index < -0.39 is 23.3 Å². The molecular formula is C30H39N7O4. The lowest BCUT2D eigenvalue weighted by Gasteiger charge is -2.41. The van der Waals surface area contributed by atoms with Crippen molar-refractivity contribution < 1.29 is 19.5 Å². The fraction of sp³-hybridized carbons (Fsp3) is 0.500. The topological polar surface area (TPSA) is 131 Å². The molecule has 5 rings (SSSR count). The van der Waals surface area contributed by atoms with Crippen molar-refractivity contribution in [1.29, 1.82) is 0 Å². The van der Waals surface area contributed by atoms with Gasteiger partial charge >= 0.3 is 6.16 Å². The van der Waals surface area contributed by atoms with Gasteiger partial charge in [-0.2, -0.15) is 20.5 Å². The van der Waals surface area contributed by atoms with Gasteiger partial charge in [-0.3, -0.25) is 0 Å². The first-order valence-corrected chi connectivity index (χ1v) is 14.1. The van der Waals surface area contributed by atoms with Gasteiger partial charge in [0.1, 0.15) is 5.60 Å². The zero-order valence-corrected chi connectivity index (χ0v) is 24.6. The van der Waals surface area contributed by atoms with E-state index in [9.17, 15) is 9.90 Å². The van der Waals surface area contributed by atoms with E-state index in [1.54, 1.807) is 32.0 Å². The summed E-state index contributed by atoms with van der Waals surface area (Å²) in [7, 11) is 0. The molecule has 3 aromatic heterocycles. The van der Waals surface area contributed by atoms with Crippen LogP contribution < -0.4 is 0 Å². The second-order valence-electron chi connectivity index (χ2n) is 11.9. The predicted octanol–water partition coefficient (Wildman–Crippen LogP) is 4.44. The molecule has 11 heteroatoms. The fourth-order valence-electron chi connectivity index (χ4n) is 5.64. The van der Waals surface area contributed by atoms with Crippen LogP contribution in [0.2, 0.25) is 0 Å². The number of aromatic nitrogens is 6. The monoisotopic (exact) mass is 561 g/mol. The molecule has 0 spiro atoms. The number of aliphatic hydroxyl groups is 1. The molecule has 0 aliphatic carbocycles. The summed E-state index contributed by atoms with van der Waals surface area (Å²) in [5.74, 6) is -0.408. The van der Waals surface area contributed by atoms with Crippen LogP contribution in [0.1, 0.15) is 85.9 Å². The number of aromatic amines is 1. The minimum Gasteiger partial charge on any atom is -0.427 e. The maximum atomic E-state index is 12.1. The number of hydrogen-bond acceptors (Lipinski definition) is 9. The molecule has 218 valence electrons. The summed E-state index contributed by atoms with van der Waals surface area (Å²) in [6.07, 6.45) is 3.19. The Morgan fingerprint density at radius 3 is 2.49 bits per heavy atom. The summed E-state index contributed by atoms with van der Waals surface area (Å²) in [6.45, 7) is 12.3. The van der Waals surface area contributed by atoms with Gasteiger partial charge in [-0.25, -0.2) is 14.3 Å². The first kappa shape index (κ1) is 28.7. The number of piperidine rings is 1. The van der Waals surface area contributed by atoms with Gasteiger partial charge in [-0.1, -0.05) is 31.2 Å². The summed E-state index contributed by atoms with van der Waals surface area (Å²) in [5, 5.41) is 29.3. The number of H-pyrrole nitrogens is 1. The SMILES string of the molecule is CCc1nn2c(C)cc(C)nc2c1Cc1ccc(C(c2cn[nH]n2)C2(O)CCN(OC(=O)OC(C)(C)C)CC2)cc1. The second kappa shape index (κ2) is 11.2. The number of carbonyl (C=O) groups is 1. The van der Waals surface area contributed by atoms with Crippen molar-refractivity contribution in [1.82, 2.24) is 35.1 Å². The Morgan fingerprint density at radius 1 is 1.17 bits per heavy atom. The molecule has 11 nitrogen and oxygen atoms in total. The quantitative estimate of drug-likeness (QED) is 0.314. The highest BCUT2D eigenvalue weighted by Gasteiger charge is 2.43. The van der Waals surface area contributed by atoms with Gasteiger partial charge in [-0.15, -0.1) is 5.06 Å². The zero-order valence-electron chi connectivity index (χ0n) is 24.6. The van der Waals surface area contributed by atoms with Gasteiger partial charge < -0.3 is 14.7 Å². The lowest BCUT2D eigenvalue weighted by atomic mass is 9.74. The number of rotatable bonds is 7.